The van der Waals surface area contributed by atoms with Crippen molar-refractivity contribution in [2.75, 3.05) is 11.9 Å². The van der Waals surface area contributed by atoms with Crippen molar-refractivity contribution in [3.05, 3.63) is 58.1 Å². The van der Waals surface area contributed by atoms with E-state index in [1.54, 1.807) is 12.1 Å². The molecule has 0 unspecified atom stereocenters. The summed E-state index contributed by atoms with van der Waals surface area (Å²) in [7, 11) is 0. The third-order valence-corrected chi connectivity index (χ3v) is 3.64. The second kappa shape index (κ2) is 7.13. The van der Waals surface area contributed by atoms with Gasteiger partial charge in [0.05, 0.1) is 11.3 Å². The summed E-state index contributed by atoms with van der Waals surface area (Å²) in [5.74, 6) is -0.221. The third-order valence-electron chi connectivity index (χ3n) is 3.41. The number of alkyl halides is 3. The molecule has 2 aromatic carbocycles. The van der Waals surface area contributed by atoms with Crippen molar-refractivity contribution in [3.63, 3.8) is 0 Å². The zero-order valence-electron chi connectivity index (χ0n) is 13.0. The van der Waals surface area contributed by atoms with E-state index in [-0.39, 0.29) is 10.7 Å². The van der Waals surface area contributed by atoms with Crippen LogP contribution in [0.4, 0.5) is 18.9 Å². The van der Waals surface area contributed by atoms with Gasteiger partial charge in [-0.3, -0.25) is 4.79 Å². The molecule has 0 saturated carbocycles. The molecule has 2 rings (SSSR count). The van der Waals surface area contributed by atoms with Gasteiger partial charge in [0.15, 0.2) is 6.61 Å². The quantitative estimate of drug-likeness (QED) is 0.836. The average Bonchev–Trinajstić information content (AvgIpc) is 2.49. The lowest BCUT2D eigenvalue weighted by Crippen LogP contribution is -2.22. The topological polar surface area (TPSA) is 38.3 Å². The summed E-state index contributed by atoms with van der Waals surface area (Å²) in [5.41, 5.74) is 0.697. The number of anilines is 1. The van der Waals surface area contributed by atoms with Crippen molar-refractivity contribution >= 4 is 23.2 Å². The van der Waals surface area contributed by atoms with E-state index in [0.717, 1.165) is 23.3 Å². The van der Waals surface area contributed by atoms with Crippen LogP contribution in [0.15, 0.2) is 36.4 Å². The summed E-state index contributed by atoms with van der Waals surface area (Å²) in [5, 5.41) is 2.13. The van der Waals surface area contributed by atoms with Crippen LogP contribution in [-0.4, -0.2) is 12.5 Å². The lowest BCUT2D eigenvalue weighted by molar-refractivity contribution is -0.137. The Bertz CT molecular complexity index is 760. The van der Waals surface area contributed by atoms with Crippen LogP contribution in [0.5, 0.6) is 5.75 Å². The van der Waals surface area contributed by atoms with Gasteiger partial charge in [0.25, 0.3) is 5.91 Å². The van der Waals surface area contributed by atoms with Gasteiger partial charge in [-0.05, 0) is 55.3 Å². The number of aryl methyl sites for hydroxylation is 2. The molecule has 0 aliphatic rings. The Hall–Kier alpha value is -2.21. The summed E-state index contributed by atoms with van der Waals surface area (Å²) >= 11 is 5.59. The Morgan fingerprint density at radius 1 is 1.12 bits per heavy atom. The van der Waals surface area contributed by atoms with Crippen molar-refractivity contribution in [2.24, 2.45) is 0 Å². The van der Waals surface area contributed by atoms with Gasteiger partial charge in [-0.1, -0.05) is 17.7 Å². The Morgan fingerprint density at radius 2 is 1.83 bits per heavy atom. The summed E-state index contributed by atoms with van der Waals surface area (Å²) in [6.07, 6.45) is -4.62. The van der Waals surface area contributed by atoms with Gasteiger partial charge in [0.1, 0.15) is 5.75 Å². The predicted octanol–water partition coefficient (Wildman–Crippen LogP) is 4.99. The number of halogens is 4. The van der Waals surface area contributed by atoms with E-state index in [2.05, 4.69) is 5.32 Å². The number of ether oxygens (including phenoxy) is 1. The molecule has 7 heteroatoms. The van der Waals surface area contributed by atoms with Crippen LogP contribution in [-0.2, 0) is 11.0 Å². The van der Waals surface area contributed by atoms with E-state index in [1.807, 2.05) is 19.9 Å². The van der Waals surface area contributed by atoms with Crippen molar-refractivity contribution in [3.8, 4) is 5.75 Å². The van der Waals surface area contributed by atoms with Crippen molar-refractivity contribution in [1.29, 1.82) is 0 Å². The highest BCUT2D eigenvalue weighted by atomic mass is 35.5. The SMILES string of the molecule is Cc1ccc(OCC(=O)Nc2ccc(Cl)cc2C(F)(F)F)cc1C. The van der Waals surface area contributed by atoms with Crippen molar-refractivity contribution in [1.82, 2.24) is 0 Å². The molecular weight excluding hydrogens is 343 g/mol. The van der Waals surface area contributed by atoms with Crippen LogP contribution in [0.2, 0.25) is 5.02 Å². The summed E-state index contributed by atoms with van der Waals surface area (Å²) in [6.45, 7) is 3.43. The van der Waals surface area contributed by atoms with E-state index in [0.29, 0.717) is 5.75 Å². The molecule has 1 amide bonds. The third kappa shape index (κ3) is 4.64. The molecule has 0 atom stereocenters. The molecule has 0 spiro atoms. The molecule has 0 aliphatic carbocycles. The average molecular weight is 358 g/mol. The normalized spacial score (nSPS) is 11.2. The highest BCUT2D eigenvalue weighted by Crippen LogP contribution is 2.36. The fraction of sp³-hybridized carbons (Fsp3) is 0.235. The molecule has 0 saturated heterocycles. The molecule has 0 bridgehead atoms. The van der Waals surface area contributed by atoms with Crippen LogP contribution < -0.4 is 10.1 Å². The fourth-order valence-corrected chi connectivity index (χ4v) is 2.17. The van der Waals surface area contributed by atoms with Gasteiger partial charge in [0, 0.05) is 5.02 Å². The Morgan fingerprint density at radius 3 is 2.46 bits per heavy atom. The number of hydrogen-bond donors (Lipinski definition) is 1. The molecule has 24 heavy (non-hydrogen) atoms. The summed E-state index contributed by atoms with van der Waals surface area (Å²) in [4.78, 5) is 11.9. The molecule has 3 nitrogen and oxygen atoms in total. The number of nitrogens with one attached hydrogen (secondary N) is 1. The zero-order valence-corrected chi connectivity index (χ0v) is 13.8. The van der Waals surface area contributed by atoms with Gasteiger partial charge in [-0.15, -0.1) is 0 Å². The zero-order chi connectivity index (χ0) is 17.9. The Balaban J connectivity index is 2.06. The number of rotatable bonds is 4. The van der Waals surface area contributed by atoms with Crippen LogP contribution in [0.25, 0.3) is 0 Å². The van der Waals surface area contributed by atoms with E-state index < -0.39 is 24.3 Å². The molecule has 0 fully saturated rings. The highest BCUT2D eigenvalue weighted by molar-refractivity contribution is 6.30. The van der Waals surface area contributed by atoms with Crippen LogP contribution in [0, 0.1) is 13.8 Å². The van der Waals surface area contributed by atoms with Crippen LogP contribution in [0.3, 0.4) is 0 Å². The Kier molecular flexibility index (Phi) is 5.39. The second-order valence-electron chi connectivity index (χ2n) is 5.27. The number of benzene rings is 2. The van der Waals surface area contributed by atoms with Crippen LogP contribution in [0.1, 0.15) is 16.7 Å². The maximum atomic E-state index is 13.0. The minimum absolute atomic E-state index is 0.0632. The van der Waals surface area contributed by atoms with Gasteiger partial charge in [-0.2, -0.15) is 13.2 Å². The molecule has 0 radical (unpaired) electrons. The monoisotopic (exact) mass is 357 g/mol. The fourth-order valence-electron chi connectivity index (χ4n) is 2.00. The van der Waals surface area contributed by atoms with Crippen LogP contribution >= 0.6 is 11.6 Å². The van der Waals surface area contributed by atoms with Gasteiger partial charge in [0.2, 0.25) is 0 Å². The molecule has 1 N–H and O–H groups in total. The maximum absolute atomic E-state index is 13.0. The lowest BCUT2D eigenvalue weighted by atomic mass is 10.1. The Labute approximate surface area is 142 Å². The lowest BCUT2D eigenvalue weighted by Gasteiger charge is -2.14. The smallest absolute Gasteiger partial charge is 0.418 e. The standard InChI is InChI=1S/C17H15ClF3NO2/c1-10-3-5-13(7-11(10)2)24-9-16(23)22-15-6-4-12(18)8-14(15)17(19,20)21/h3-8H,9H2,1-2H3,(H,22,23). The first-order valence-corrected chi connectivity index (χ1v) is 7.41. The van der Waals surface area contributed by atoms with Crippen molar-refractivity contribution < 1.29 is 22.7 Å². The van der Waals surface area contributed by atoms with Crippen molar-refractivity contribution in [2.45, 2.75) is 20.0 Å². The largest absolute Gasteiger partial charge is 0.484 e. The number of carbonyl (C=O) groups excluding carboxylic acids is 1. The molecule has 0 aliphatic heterocycles. The molecule has 0 heterocycles. The predicted molar refractivity (Wildman–Crippen MR) is 86.5 cm³/mol. The first-order valence-electron chi connectivity index (χ1n) is 7.03. The number of amides is 1. The number of carbonyl (C=O) groups is 1. The summed E-state index contributed by atoms with van der Waals surface area (Å²) in [6, 6.07) is 8.44. The first-order chi connectivity index (χ1) is 11.2. The minimum atomic E-state index is -4.62. The second-order valence-corrected chi connectivity index (χ2v) is 5.71. The van der Waals surface area contributed by atoms with E-state index in [9.17, 15) is 18.0 Å². The first kappa shape index (κ1) is 18.1. The highest BCUT2D eigenvalue weighted by Gasteiger charge is 2.34. The van der Waals surface area contributed by atoms with E-state index in [4.69, 9.17) is 16.3 Å². The number of hydrogen-bond acceptors (Lipinski definition) is 2. The maximum Gasteiger partial charge on any atom is 0.418 e. The van der Waals surface area contributed by atoms with E-state index >= 15 is 0 Å². The van der Waals surface area contributed by atoms with Gasteiger partial charge in [-0.25, -0.2) is 0 Å². The molecule has 0 aromatic heterocycles. The van der Waals surface area contributed by atoms with Gasteiger partial charge >= 0.3 is 6.18 Å². The molecule has 2 aromatic rings. The van der Waals surface area contributed by atoms with Gasteiger partial charge < -0.3 is 10.1 Å². The van der Waals surface area contributed by atoms with E-state index in [1.165, 1.54) is 6.07 Å². The molecule has 128 valence electrons. The minimum Gasteiger partial charge on any atom is -0.484 e. The summed E-state index contributed by atoms with van der Waals surface area (Å²) < 4.78 is 44.2. The molecular formula is C17H15ClF3NO2.